The number of benzene rings is 1. The summed E-state index contributed by atoms with van der Waals surface area (Å²) >= 11 is 0. The highest BCUT2D eigenvalue weighted by Gasteiger charge is 2.31. The van der Waals surface area contributed by atoms with Gasteiger partial charge in [0.25, 0.3) is 0 Å². The van der Waals surface area contributed by atoms with Crippen LogP contribution in [-0.2, 0) is 17.3 Å². The topological polar surface area (TPSA) is 26.3 Å². The molecule has 0 spiro atoms. The molecule has 1 aromatic rings. The average molecular weight is 232 g/mol. The summed E-state index contributed by atoms with van der Waals surface area (Å²) < 4.78 is 41.7. The zero-order valence-corrected chi connectivity index (χ0v) is 8.89. The van der Waals surface area contributed by atoms with Crippen LogP contribution in [0.1, 0.15) is 28.4 Å². The molecule has 0 heterocycles. The molecule has 5 heteroatoms. The number of carbonyl (C=O) groups excluding carboxylic acids is 1. The van der Waals surface area contributed by atoms with Crippen LogP contribution >= 0.6 is 0 Å². The smallest absolute Gasteiger partial charge is 0.416 e. The van der Waals surface area contributed by atoms with Gasteiger partial charge in [0.05, 0.1) is 18.2 Å². The lowest BCUT2D eigenvalue weighted by atomic mass is 10.0. The quantitative estimate of drug-likeness (QED) is 0.732. The van der Waals surface area contributed by atoms with Crippen LogP contribution in [0.25, 0.3) is 0 Å². The van der Waals surface area contributed by atoms with Gasteiger partial charge in [-0.3, -0.25) is 0 Å². The van der Waals surface area contributed by atoms with Crippen molar-refractivity contribution < 1.29 is 22.7 Å². The Hall–Kier alpha value is -1.52. The zero-order chi connectivity index (χ0) is 12.3. The van der Waals surface area contributed by atoms with Gasteiger partial charge in [0.1, 0.15) is 0 Å². The molecule has 0 saturated heterocycles. The Labute approximate surface area is 91.0 Å². The van der Waals surface area contributed by atoms with Crippen molar-refractivity contribution in [1.29, 1.82) is 0 Å². The second kappa shape index (κ2) is 4.55. The van der Waals surface area contributed by atoms with E-state index in [1.807, 2.05) is 0 Å². The summed E-state index contributed by atoms with van der Waals surface area (Å²) in [4.78, 5) is 11.3. The van der Waals surface area contributed by atoms with Gasteiger partial charge in [0.15, 0.2) is 0 Å². The summed E-state index contributed by atoms with van der Waals surface area (Å²) in [5.74, 6) is -0.747. The average Bonchev–Trinajstić information content (AvgIpc) is 2.25. The monoisotopic (exact) mass is 232 g/mol. The number of aryl methyl sites for hydroxylation is 1. The van der Waals surface area contributed by atoms with E-state index in [1.165, 1.54) is 6.07 Å². The number of hydrogen-bond acceptors (Lipinski definition) is 2. The van der Waals surface area contributed by atoms with Gasteiger partial charge in [-0.05, 0) is 24.1 Å². The number of methoxy groups -OCH3 is 1. The molecule has 0 amide bonds. The third kappa shape index (κ3) is 2.53. The Kier molecular flexibility index (Phi) is 3.57. The van der Waals surface area contributed by atoms with Crippen molar-refractivity contribution in [3.05, 3.63) is 34.9 Å². The number of alkyl halides is 3. The van der Waals surface area contributed by atoms with Gasteiger partial charge in [-0.2, -0.15) is 13.2 Å². The minimum Gasteiger partial charge on any atom is -0.465 e. The van der Waals surface area contributed by atoms with Crippen LogP contribution in [0.4, 0.5) is 13.2 Å². The highest BCUT2D eigenvalue weighted by atomic mass is 19.4. The Morgan fingerprint density at radius 2 is 2.00 bits per heavy atom. The summed E-state index contributed by atoms with van der Waals surface area (Å²) in [7, 11) is 1.14. The second-order valence-corrected chi connectivity index (χ2v) is 3.21. The fraction of sp³-hybridized carbons (Fsp3) is 0.364. The van der Waals surface area contributed by atoms with E-state index in [0.29, 0.717) is 12.0 Å². The van der Waals surface area contributed by atoms with Crippen molar-refractivity contribution in [3.8, 4) is 0 Å². The summed E-state index contributed by atoms with van der Waals surface area (Å²) in [6.07, 6.45) is -3.97. The van der Waals surface area contributed by atoms with Crippen molar-refractivity contribution in [2.45, 2.75) is 19.5 Å². The third-order valence-corrected chi connectivity index (χ3v) is 2.22. The predicted octanol–water partition coefficient (Wildman–Crippen LogP) is 3.05. The molecule has 0 bridgehead atoms. The first kappa shape index (κ1) is 12.5. The van der Waals surface area contributed by atoms with Gasteiger partial charge < -0.3 is 4.74 Å². The molecule has 16 heavy (non-hydrogen) atoms. The van der Waals surface area contributed by atoms with Crippen molar-refractivity contribution in [2.24, 2.45) is 0 Å². The van der Waals surface area contributed by atoms with E-state index in [0.717, 1.165) is 19.2 Å². The molecule has 88 valence electrons. The fourth-order valence-corrected chi connectivity index (χ4v) is 1.36. The molecule has 0 atom stereocenters. The summed E-state index contributed by atoms with van der Waals surface area (Å²) in [6.45, 7) is 1.76. The van der Waals surface area contributed by atoms with Crippen LogP contribution < -0.4 is 0 Å². The van der Waals surface area contributed by atoms with Crippen molar-refractivity contribution in [3.63, 3.8) is 0 Å². The lowest BCUT2D eigenvalue weighted by Crippen LogP contribution is -2.10. The molecule has 1 rings (SSSR count). The number of hydrogen-bond donors (Lipinski definition) is 0. The van der Waals surface area contributed by atoms with Crippen LogP contribution in [0.15, 0.2) is 18.2 Å². The SMILES string of the molecule is CCc1ccc(C(F)(F)F)cc1C(=O)OC. The maximum absolute atomic E-state index is 12.4. The highest BCUT2D eigenvalue weighted by Crippen LogP contribution is 2.30. The molecule has 0 aliphatic heterocycles. The maximum Gasteiger partial charge on any atom is 0.416 e. The van der Waals surface area contributed by atoms with Crippen molar-refractivity contribution in [2.75, 3.05) is 7.11 Å². The van der Waals surface area contributed by atoms with E-state index in [9.17, 15) is 18.0 Å². The zero-order valence-electron chi connectivity index (χ0n) is 8.89. The summed E-state index contributed by atoms with van der Waals surface area (Å²) in [5.41, 5.74) is -0.329. The number of ether oxygens (including phenoxy) is 1. The number of halogens is 3. The van der Waals surface area contributed by atoms with Gasteiger partial charge in [-0.25, -0.2) is 4.79 Å². The Morgan fingerprint density at radius 1 is 1.38 bits per heavy atom. The maximum atomic E-state index is 12.4. The molecular formula is C11H11F3O2. The molecule has 0 saturated carbocycles. The molecule has 0 aromatic heterocycles. The van der Waals surface area contributed by atoms with E-state index < -0.39 is 17.7 Å². The van der Waals surface area contributed by atoms with Crippen LogP contribution in [0.2, 0.25) is 0 Å². The van der Waals surface area contributed by atoms with Crippen molar-refractivity contribution in [1.82, 2.24) is 0 Å². The Morgan fingerprint density at radius 3 is 2.44 bits per heavy atom. The molecule has 2 nitrogen and oxygen atoms in total. The molecule has 0 aliphatic carbocycles. The number of rotatable bonds is 2. The Balaban J connectivity index is 3.27. The van der Waals surface area contributed by atoms with Crippen molar-refractivity contribution >= 4 is 5.97 Å². The lowest BCUT2D eigenvalue weighted by Gasteiger charge is -2.11. The van der Waals surface area contributed by atoms with E-state index in [2.05, 4.69) is 4.74 Å². The first-order chi connectivity index (χ1) is 7.40. The minimum absolute atomic E-state index is 0.0279. The van der Waals surface area contributed by atoms with Gasteiger partial charge in [0, 0.05) is 0 Å². The molecule has 0 radical (unpaired) electrons. The van der Waals surface area contributed by atoms with Gasteiger partial charge >= 0.3 is 12.1 Å². The summed E-state index contributed by atoms with van der Waals surface area (Å²) in [5, 5.41) is 0. The molecule has 0 aliphatic rings. The molecule has 0 fully saturated rings. The molecular weight excluding hydrogens is 221 g/mol. The van der Waals surface area contributed by atoms with E-state index in [1.54, 1.807) is 6.92 Å². The Bertz CT molecular complexity index is 397. The van der Waals surface area contributed by atoms with Crippen LogP contribution in [-0.4, -0.2) is 13.1 Å². The minimum atomic E-state index is -4.45. The standard InChI is InChI=1S/C11H11F3O2/c1-3-7-4-5-8(11(12,13)14)6-9(7)10(15)16-2/h4-6H,3H2,1-2H3. The normalized spacial score (nSPS) is 11.3. The van der Waals surface area contributed by atoms with Crippen LogP contribution in [0.5, 0.6) is 0 Å². The number of esters is 1. The van der Waals surface area contributed by atoms with Gasteiger partial charge in [-0.15, -0.1) is 0 Å². The molecule has 0 unspecified atom stereocenters. The third-order valence-electron chi connectivity index (χ3n) is 2.22. The van der Waals surface area contributed by atoms with E-state index in [4.69, 9.17) is 0 Å². The first-order valence-corrected chi connectivity index (χ1v) is 4.68. The van der Waals surface area contributed by atoms with Crippen LogP contribution in [0, 0.1) is 0 Å². The van der Waals surface area contributed by atoms with Gasteiger partial charge in [0.2, 0.25) is 0 Å². The predicted molar refractivity (Wildman–Crippen MR) is 52.2 cm³/mol. The molecule has 1 aromatic carbocycles. The number of carbonyl (C=O) groups is 1. The first-order valence-electron chi connectivity index (χ1n) is 4.68. The molecule has 0 N–H and O–H groups in total. The lowest BCUT2D eigenvalue weighted by molar-refractivity contribution is -0.137. The second-order valence-electron chi connectivity index (χ2n) is 3.21. The largest absolute Gasteiger partial charge is 0.465 e. The van der Waals surface area contributed by atoms with Crippen LogP contribution in [0.3, 0.4) is 0 Å². The highest BCUT2D eigenvalue weighted by molar-refractivity contribution is 5.91. The van der Waals surface area contributed by atoms with E-state index in [-0.39, 0.29) is 5.56 Å². The fourth-order valence-electron chi connectivity index (χ4n) is 1.36. The van der Waals surface area contributed by atoms with E-state index >= 15 is 0 Å². The van der Waals surface area contributed by atoms with Gasteiger partial charge in [-0.1, -0.05) is 13.0 Å². The summed E-state index contributed by atoms with van der Waals surface area (Å²) in [6, 6.07) is 3.09.